The fourth-order valence-electron chi connectivity index (χ4n) is 9.50. The number of allylic oxidation sites excluding steroid dienone is 1. The van der Waals surface area contributed by atoms with Gasteiger partial charge < -0.3 is 24.6 Å². The first-order chi connectivity index (χ1) is 31.6. The highest BCUT2D eigenvalue weighted by Crippen LogP contribution is 2.51. The highest BCUT2D eigenvalue weighted by atomic mass is 32.2. The summed E-state index contributed by atoms with van der Waals surface area (Å²) >= 11 is 0. The quantitative estimate of drug-likeness (QED) is 0.113. The van der Waals surface area contributed by atoms with Gasteiger partial charge in [-0.15, -0.1) is 0 Å². The number of pyridine rings is 2. The van der Waals surface area contributed by atoms with Crippen molar-refractivity contribution in [3.8, 4) is 28.8 Å². The predicted molar refractivity (Wildman–Crippen MR) is 245 cm³/mol. The fourth-order valence-corrected chi connectivity index (χ4v) is 10.9. The summed E-state index contributed by atoms with van der Waals surface area (Å²) in [6.07, 6.45) is 5.16. The second-order valence-corrected chi connectivity index (χ2v) is 21.1. The molecular formula is C48H62F2N6O10S. The molecule has 3 aromatic rings. The number of amides is 4. The van der Waals surface area contributed by atoms with E-state index in [-0.39, 0.29) is 53.1 Å². The van der Waals surface area contributed by atoms with Gasteiger partial charge in [-0.2, -0.15) is 8.78 Å². The lowest BCUT2D eigenvalue weighted by Gasteiger charge is -2.43. The molecule has 1 aromatic carbocycles. The van der Waals surface area contributed by atoms with Gasteiger partial charge in [0.05, 0.1) is 36.0 Å². The van der Waals surface area contributed by atoms with E-state index < -0.39 is 92.7 Å². The van der Waals surface area contributed by atoms with Crippen molar-refractivity contribution in [1.82, 2.24) is 29.8 Å². The van der Waals surface area contributed by atoms with Crippen LogP contribution in [0.25, 0.3) is 22.2 Å². The summed E-state index contributed by atoms with van der Waals surface area (Å²) in [7, 11) is -2.63. The van der Waals surface area contributed by atoms with Crippen LogP contribution in [0.4, 0.5) is 13.6 Å². The molecule has 4 heterocycles. The first-order valence-electron chi connectivity index (χ1n) is 23.2. The minimum atomic E-state index is -4.35. The number of benzene rings is 1. The van der Waals surface area contributed by atoms with E-state index in [4.69, 9.17) is 19.2 Å². The zero-order valence-corrected chi connectivity index (χ0v) is 40.1. The van der Waals surface area contributed by atoms with Gasteiger partial charge in [-0.1, -0.05) is 39.3 Å². The third-order valence-corrected chi connectivity index (χ3v) is 15.6. The Labute approximate surface area is 390 Å². The van der Waals surface area contributed by atoms with Gasteiger partial charge in [-0.25, -0.2) is 18.2 Å². The molecule has 2 aliphatic heterocycles. The lowest BCUT2D eigenvalue weighted by Crippen LogP contribution is -2.64. The number of halogens is 2. The maximum Gasteiger partial charge on any atom is 0.408 e. The average molecular weight is 953 g/mol. The number of sulfonamides is 1. The van der Waals surface area contributed by atoms with Crippen LogP contribution >= 0.6 is 0 Å². The van der Waals surface area contributed by atoms with Gasteiger partial charge in [0.15, 0.2) is 5.60 Å². The van der Waals surface area contributed by atoms with Crippen LogP contribution in [0.2, 0.25) is 0 Å². The predicted octanol–water partition coefficient (Wildman–Crippen LogP) is 7.46. The van der Waals surface area contributed by atoms with Crippen molar-refractivity contribution >= 4 is 44.6 Å². The Morgan fingerprint density at radius 2 is 1.76 bits per heavy atom. The van der Waals surface area contributed by atoms with Crippen molar-refractivity contribution in [3.63, 3.8) is 0 Å². The van der Waals surface area contributed by atoms with E-state index in [2.05, 4.69) is 15.0 Å². The van der Waals surface area contributed by atoms with Gasteiger partial charge in [-0.3, -0.25) is 33.9 Å². The van der Waals surface area contributed by atoms with Gasteiger partial charge in [0.2, 0.25) is 21.8 Å². The summed E-state index contributed by atoms with van der Waals surface area (Å²) in [5, 5.41) is 13.4. The number of hydrogen-bond donors (Lipinski definition) is 3. The van der Waals surface area contributed by atoms with Gasteiger partial charge in [0.1, 0.15) is 29.1 Å². The van der Waals surface area contributed by atoms with Gasteiger partial charge >= 0.3 is 12.1 Å². The van der Waals surface area contributed by atoms with Crippen molar-refractivity contribution in [3.05, 3.63) is 54.7 Å². The number of carbonyl (C=O) groups is 4. The number of aromatic nitrogens is 2. The smallest absolute Gasteiger partial charge is 0.408 e. The molecule has 2 aliphatic carbocycles. The van der Waals surface area contributed by atoms with Crippen LogP contribution in [0.1, 0.15) is 106 Å². The van der Waals surface area contributed by atoms with Crippen LogP contribution in [0.15, 0.2) is 54.7 Å². The Morgan fingerprint density at radius 1 is 1.04 bits per heavy atom. The van der Waals surface area contributed by atoms with E-state index in [0.29, 0.717) is 54.7 Å². The molecule has 2 aromatic heterocycles. The van der Waals surface area contributed by atoms with Crippen molar-refractivity contribution in [2.24, 2.45) is 17.8 Å². The van der Waals surface area contributed by atoms with Crippen LogP contribution < -0.4 is 24.2 Å². The Hall–Kier alpha value is -5.59. The summed E-state index contributed by atoms with van der Waals surface area (Å²) in [4.78, 5) is 68.0. The molecule has 67 heavy (non-hydrogen) atoms. The molecule has 0 bridgehead atoms. The first kappa shape index (κ1) is 49.3. The molecule has 7 rings (SSSR count). The molecule has 16 nitrogen and oxygen atoms in total. The molecule has 3 fully saturated rings. The third-order valence-electron chi connectivity index (χ3n) is 13.7. The second-order valence-electron chi connectivity index (χ2n) is 19.1. The average Bonchev–Trinajstić information content (AvgIpc) is 4.21. The zero-order chi connectivity index (χ0) is 48.8. The molecule has 364 valence electrons. The standard InChI is InChI=1S/C48H62F2N6O10S/c1-9-29(6)55(45(60)61)40-30(10-2)21-28(5)13-11-12-14-32-24-47(32,44(59)54-67(62,63)35-17-18-35)53-41(57)39-25-46(7,48(49,50)56(39)43(40)58)66-42-36-19-15-33(64-8)22-31(36)23-38(52-42)37-20-16-34(26-51-37)65-27(3)4/h12,14-16,19-20,22-23,26-30,32,35,39-40H,9-11,13,17-18,21,24-25H2,1-8H3,(H,53,57)(H,54,59)(H,60,61)/b14-12-/t28-,29?,30-,32-,39+,40+,46-,47-/m1/s1. The zero-order valence-electron chi connectivity index (χ0n) is 39.3. The molecule has 8 atom stereocenters. The Kier molecular flexibility index (Phi) is 13.9. The van der Waals surface area contributed by atoms with E-state index in [9.17, 15) is 27.9 Å². The second kappa shape index (κ2) is 18.8. The van der Waals surface area contributed by atoms with Crippen molar-refractivity contribution in [1.29, 1.82) is 0 Å². The number of nitrogens with one attached hydrogen (secondary N) is 2. The molecule has 1 unspecified atom stereocenters. The van der Waals surface area contributed by atoms with E-state index in [1.54, 1.807) is 63.2 Å². The molecule has 0 spiro atoms. The van der Waals surface area contributed by atoms with Gasteiger partial charge in [0.25, 0.3) is 11.8 Å². The largest absolute Gasteiger partial charge is 0.497 e. The van der Waals surface area contributed by atoms with Gasteiger partial charge in [-0.05, 0) is 126 Å². The summed E-state index contributed by atoms with van der Waals surface area (Å²) in [6.45, 7) is 11.8. The van der Waals surface area contributed by atoms with Crippen LogP contribution in [-0.4, -0.2) is 111 Å². The number of hydrogen-bond acceptors (Lipinski definition) is 11. The normalized spacial score (nSPS) is 28.5. The molecule has 1 saturated heterocycles. The van der Waals surface area contributed by atoms with Crippen LogP contribution in [0.3, 0.4) is 0 Å². The lowest BCUT2D eigenvalue weighted by molar-refractivity contribution is -0.219. The maximum atomic E-state index is 18.2. The summed E-state index contributed by atoms with van der Waals surface area (Å²) in [5.74, 6) is -4.39. The minimum absolute atomic E-state index is 0.0340. The van der Waals surface area contributed by atoms with Crippen molar-refractivity contribution in [2.75, 3.05) is 7.11 Å². The number of fused-ring (bicyclic) bond motifs is 3. The first-order valence-corrected chi connectivity index (χ1v) is 24.7. The molecule has 4 amide bonds. The summed E-state index contributed by atoms with van der Waals surface area (Å²) in [5.41, 5.74) is -4.01. The number of methoxy groups -OCH3 is 1. The lowest BCUT2D eigenvalue weighted by atomic mass is 9.83. The number of nitrogens with zero attached hydrogens (tertiary/aromatic N) is 4. The van der Waals surface area contributed by atoms with E-state index >= 15 is 13.6 Å². The number of ether oxygens (including phenoxy) is 3. The van der Waals surface area contributed by atoms with E-state index in [1.807, 2.05) is 26.8 Å². The van der Waals surface area contributed by atoms with E-state index in [0.717, 1.165) is 11.8 Å². The number of carbonyl (C=O) groups excluding carboxylic acids is 3. The van der Waals surface area contributed by atoms with Gasteiger partial charge in [0, 0.05) is 23.8 Å². The highest BCUT2D eigenvalue weighted by Gasteiger charge is 2.71. The van der Waals surface area contributed by atoms with E-state index in [1.165, 1.54) is 13.3 Å². The molecule has 0 radical (unpaired) electrons. The maximum absolute atomic E-state index is 18.2. The van der Waals surface area contributed by atoms with Crippen LogP contribution in [-0.2, 0) is 24.4 Å². The SMILES string of the molecule is CCC(C)N(C(=O)O)[C@@H]1C(=O)N2[C@@H](C[C@@](C)(Oc3nc(-c4ccc(OC(C)C)cn4)cc4cc(OC)ccc34)C2(F)F)C(=O)N[C@]2(C(=O)NS(=O)(=O)C3CC3)C[C@H]2/C=C\CC[C@@H](C)C[C@H]1CC. The van der Waals surface area contributed by atoms with Crippen molar-refractivity contribution in [2.45, 2.75) is 153 Å². The van der Waals surface area contributed by atoms with Crippen LogP contribution in [0.5, 0.6) is 17.4 Å². The van der Waals surface area contributed by atoms with Crippen LogP contribution in [0, 0.1) is 17.8 Å². The molecule has 4 aliphatic rings. The Morgan fingerprint density at radius 3 is 2.37 bits per heavy atom. The minimum Gasteiger partial charge on any atom is -0.497 e. The molecule has 2 saturated carbocycles. The highest BCUT2D eigenvalue weighted by molar-refractivity contribution is 7.91. The molecule has 3 N–H and O–H groups in total. The van der Waals surface area contributed by atoms with Crippen molar-refractivity contribution < 1.29 is 55.7 Å². The summed E-state index contributed by atoms with van der Waals surface area (Å²) < 4.78 is 82.3. The Bertz CT molecular complexity index is 2520. The summed E-state index contributed by atoms with van der Waals surface area (Å²) in [6, 6.07) is 1.02. The topological polar surface area (TPSA) is 207 Å². The third kappa shape index (κ3) is 9.75. The Balaban J connectivity index is 1.37. The fraction of sp³-hybridized carbons (Fsp3) is 0.583. The number of alkyl halides is 2. The molecule has 19 heteroatoms. The number of carboxylic acid groups (broad SMARTS) is 1. The number of rotatable bonds is 13. The molecular weight excluding hydrogens is 891 g/mol. The monoisotopic (exact) mass is 952 g/mol.